The minimum absolute atomic E-state index is 0.0169. The Labute approximate surface area is 124 Å². The van der Waals surface area contributed by atoms with Crippen LogP contribution in [0, 0.1) is 3.95 Å². The fourth-order valence-electron chi connectivity index (χ4n) is 1.65. The maximum atomic E-state index is 11.7. The molecule has 0 amide bonds. The number of nitrogens with zero attached hydrogens (tertiary/aromatic N) is 1. The Kier molecular flexibility index (Phi) is 4.31. The highest BCUT2D eigenvalue weighted by molar-refractivity contribution is 7.73. The molecule has 1 heterocycles. The molecule has 20 heavy (non-hydrogen) atoms. The first-order chi connectivity index (χ1) is 9.52. The van der Waals surface area contributed by atoms with Crippen molar-refractivity contribution in [3.8, 4) is 5.88 Å². The van der Waals surface area contributed by atoms with Gasteiger partial charge in [-0.15, -0.1) is 0 Å². The molecule has 0 atom stereocenters. The van der Waals surface area contributed by atoms with E-state index in [0.717, 1.165) is 0 Å². The Morgan fingerprint density at radius 1 is 1.45 bits per heavy atom. The highest BCUT2D eigenvalue weighted by atomic mass is 32.1. The van der Waals surface area contributed by atoms with E-state index in [1.54, 1.807) is 31.2 Å². The zero-order valence-corrected chi connectivity index (χ0v) is 12.5. The van der Waals surface area contributed by atoms with Crippen molar-refractivity contribution in [3.63, 3.8) is 0 Å². The number of hydrogen-bond donors (Lipinski definition) is 2. The van der Waals surface area contributed by atoms with Gasteiger partial charge in [-0.25, -0.2) is 4.79 Å². The van der Waals surface area contributed by atoms with E-state index >= 15 is 0 Å². The number of aromatic nitrogens is 1. The van der Waals surface area contributed by atoms with Crippen molar-refractivity contribution in [2.24, 2.45) is 4.99 Å². The second kappa shape index (κ2) is 5.98. The third-order valence-corrected chi connectivity index (χ3v) is 3.89. The lowest BCUT2D eigenvalue weighted by molar-refractivity contribution is 0.0601. The standard InChI is InChI=1S/C13H12N2O3S2/c1-7(10-11(16)15-13(19)20-10)14-9-6-4-3-5-8(9)12(17)18-2/h3-6,16H,1-2H3,(H,15,19). The van der Waals surface area contributed by atoms with Crippen molar-refractivity contribution < 1.29 is 14.6 Å². The van der Waals surface area contributed by atoms with E-state index in [0.29, 0.717) is 25.8 Å². The fourth-order valence-corrected chi connectivity index (χ4v) is 2.67. The van der Waals surface area contributed by atoms with Crippen LogP contribution in [0.1, 0.15) is 22.2 Å². The molecule has 0 radical (unpaired) electrons. The van der Waals surface area contributed by atoms with Crippen LogP contribution in [0.25, 0.3) is 0 Å². The van der Waals surface area contributed by atoms with Crippen LogP contribution < -0.4 is 0 Å². The number of para-hydroxylation sites is 1. The normalized spacial score (nSPS) is 11.4. The van der Waals surface area contributed by atoms with Gasteiger partial charge >= 0.3 is 5.97 Å². The van der Waals surface area contributed by atoms with Crippen LogP contribution >= 0.6 is 23.6 Å². The third kappa shape index (κ3) is 2.94. The van der Waals surface area contributed by atoms with Crippen LogP contribution in [0.2, 0.25) is 0 Å². The monoisotopic (exact) mass is 308 g/mol. The second-order valence-corrected chi connectivity index (χ2v) is 5.59. The second-order valence-electron chi connectivity index (χ2n) is 3.90. The first-order valence-corrected chi connectivity index (χ1v) is 6.90. The molecule has 1 aromatic heterocycles. The lowest BCUT2D eigenvalue weighted by atomic mass is 10.2. The third-order valence-electron chi connectivity index (χ3n) is 2.56. The number of nitrogens with one attached hydrogen (secondary N) is 1. The molecule has 0 saturated carbocycles. The molecule has 0 aliphatic carbocycles. The molecule has 1 aromatic carbocycles. The van der Waals surface area contributed by atoms with Gasteiger partial charge in [-0.3, -0.25) is 4.99 Å². The van der Waals surface area contributed by atoms with Gasteiger partial charge in [0.15, 0.2) is 3.95 Å². The maximum Gasteiger partial charge on any atom is 0.340 e. The highest BCUT2D eigenvalue weighted by Crippen LogP contribution is 2.26. The largest absolute Gasteiger partial charge is 0.493 e. The van der Waals surface area contributed by atoms with Crippen LogP contribution in [0.5, 0.6) is 5.88 Å². The fraction of sp³-hybridized carbons (Fsp3) is 0.154. The van der Waals surface area contributed by atoms with Gasteiger partial charge in [0.05, 0.1) is 24.1 Å². The summed E-state index contributed by atoms with van der Waals surface area (Å²) < 4.78 is 5.18. The Hall–Kier alpha value is -1.99. The summed E-state index contributed by atoms with van der Waals surface area (Å²) in [5.74, 6) is -0.472. The number of hydrogen-bond acceptors (Lipinski definition) is 6. The number of aliphatic imine (C=N–C) groups is 1. The van der Waals surface area contributed by atoms with Gasteiger partial charge in [0.25, 0.3) is 0 Å². The summed E-state index contributed by atoms with van der Waals surface area (Å²) in [4.78, 5) is 19.2. The average Bonchev–Trinajstić information content (AvgIpc) is 2.77. The van der Waals surface area contributed by atoms with E-state index in [4.69, 9.17) is 17.0 Å². The van der Waals surface area contributed by atoms with Crippen LogP contribution in [-0.4, -0.2) is 28.9 Å². The molecule has 0 fully saturated rings. The van der Waals surface area contributed by atoms with Gasteiger partial charge in [0, 0.05) is 0 Å². The van der Waals surface area contributed by atoms with Crippen molar-refractivity contribution in [2.45, 2.75) is 6.92 Å². The highest BCUT2D eigenvalue weighted by Gasteiger charge is 2.13. The topological polar surface area (TPSA) is 74.7 Å². The minimum atomic E-state index is -0.455. The van der Waals surface area contributed by atoms with Crippen molar-refractivity contribution in [1.82, 2.24) is 4.98 Å². The molecule has 2 rings (SSSR count). The number of benzene rings is 1. The molecule has 2 aromatic rings. The molecule has 0 aliphatic rings. The molecule has 2 N–H and O–H groups in total. The molecule has 0 spiro atoms. The van der Waals surface area contributed by atoms with E-state index in [1.165, 1.54) is 18.4 Å². The summed E-state index contributed by atoms with van der Waals surface area (Å²) >= 11 is 6.19. The van der Waals surface area contributed by atoms with Gasteiger partial charge in [0.1, 0.15) is 4.88 Å². The predicted molar refractivity (Wildman–Crippen MR) is 80.8 cm³/mol. The predicted octanol–water partition coefficient (Wildman–Crippen LogP) is 3.44. The Balaban J connectivity index is 2.48. The number of carbonyl (C=O) groups excluding carboxylic acids is 1. The van der Waals surface area contributed by atoms with Crippen molar-refractivity contribution >= 4 is 40.9 Å². The molecule has 0 bridgehead atoms. The van der Waals surface area contributed by atoms with Crippen LogP contribution in [0.15, 0.2) is 29.3 Å². The Morgan fingerprint density at radius 2 is 2.15 bits per heavy atom. The van der Waals surface area contributed by atoms with E-state index in [2.05, 4.69) is 9.98 Å². The molecule has 7 heteroatoms. The number of ether oxygens (including phenoxy) is 1. The Morgan fingerprint density at radius 3 is 2.75 bits per heavy atom. The van der Waals surface area contributed by atoms with Gasteiger partial charge in [-0.1, -0.05) is 23.5 Å². The minimum Gasteiger partial charge on any atom is -0.493 e. The summed E-state index contributed by atoms with van der Waals surface area (Å²) in [6, 6.07) is 6.85. The van der Waals surface area contributed by atoms with Crippen molar-refractivity contribution in [2.75, 3.05) is 7.11 Å². The van der Waals surface area contributed by atoms with Crippen LogP contribution in [0.4, 0.5) is 5.69 Å². The van der Waals surface area contributed by atoms with Gasteiger partial charge < -0.3 is 14.8 Å². The molecule has 0 saturated heterocycles. The number of aromatic amines is 1. The summed E-state index contributed by atoms with van der Waals surface area (Å²) in [6.45, 7) is 1.74. The molecule has 104 valence electrons. The summed E-state index contributed by atoms with van der Waals surface area (Å²) in [6.07, 6.45) is 0. The smallest absolute Gasteiger partial charge is 0.340 e. The van der Waals surface area contributed by atoms with Crippen molar-refractivity contribution in [3.05, 3.63) is 38.7 Å². The molecular weight excluding hydrogens is 296 g/mol. The van der Waals surface area contributed by atoms with E-state index in [9.17, 15) is 9.90 Å². The number of methoxy groups -OCH3 is 1. The van der Waals surface area contributed by atoms with E-state index in [1.807, 2.05) is 0 Å². The lowest BCUT2D eigenvalue weighted by Crippen LogP contribution is -2.02. The SMILES string of the molecule is COC(=O)c1ccccc1N=C(C)c1sc(=S)[nH]c1O. The van der Waals surface area contributed by atoms with E-state index in [-0.39, 0.29) is 5.88 Å². The average molecular weight is 308 g/mol. The van der Waals surface area contributed by atoms with Crippen LogP contribution in [-0.2, 0) is 4.74 Å². The number of H-pyrrole nitrogens is 1. The molecular formula is C13H12N2O3S2. The number of esters is 1. The quantitative estimate of drug-likeness (QED) is 0.517. The zero-order valence-electron chi connectivity index (χ0n) is 10.8. The molecule has 5 nitrogen and oxygen atoms in total. The number of aromatic hydroxyl groups is 1. The number of carbonyl (C=O) groups is 1. The van der Waals surface area contributed by atoms with Crippen LogP contribution in [0.3, 0.4) is 0 Å². The zero-order chi connectivity index (χ0) is 14.7. The van der Waals surface area contributed by atoms with Gasteiger partial charge in [-0.05, 0) is 31.3 Å². The van der Waals surface area contributed by atoms with Crippen molar-refractivity contribution in [1.29, 1.82) is 0 Å². The molecule has 0 aliphatic heterocycles. The number of rotatable bonds is 3. The first-order valence-electron chi connectivity index (χ1n) is 5.68. The molecule has 0 unspecified atom stereocenters. The van der Waals surface area contributed by atoms with Gasteiger partial charge in [0.2, 0.25) is 5.88 Å². The summed E-state index contributed by atoms with van der Waals surface area (Å²) in [5, 5.41) is 9.72. The Bertz CT molecular complexity index is 731. The summed E-state index contributed by atoms with van der Waals surface area (Å²) in [5.41, 5.74) is 1.42. The van der Waals surface area contributed by atoms with E-state index < -0.39 is 5.97 Å². The summed E-state index contributed by atoms with van der Waals surface area (Å²) in [7, 11) is 1.32. The maximum absolute atomic E-state index is 11.7. The lowest BCUT2D eigenvalue weighted by Gasteiger charge is -2.04. The van der Waals surface area contributed by atoms with Gasteiger partial charge in [-0.2, -0.15) is 0 Å². The first kappa shape index (κ1) is 14.4. The number of thiazole rings is 1.